The van der Waals surface area contributed by atoms with Gasteiger partial charge in [-0.3, -0.25) is 4.72 Å². The molecule has 1 aromatic heterocycles. The number of hydrogen-bond acceptors (Lipinski definition) is 5. The number of benzene rings is 1. The number of aromatic nitrogens is 2. The maximum absolute atomic E-state index is 12.2. The molecule has 2 aromatic rings. The van der Waals surface area contributed by atoms with Crippen molar-refractivity contribution in [1.29, 1.82) is 5.26 Å². The highest BCUT2D eigenvalue weighted by Crippen LogP contribution is 2.22. The van der Waals surface area contributed by atoms with E-state index in [0.29, 0.717) is 4.60 Å². The average molecular weight is 374 g/mol. The number of sulfonamides is 1. The van der Waals surface area contributed by atoms with Crippen molar-refractivity contribution in [3.63, 3.8) is 0 Å². The molecule has 0 aliphatic heterocycles. The molecule has 2 rings (SSSR count). The van der Waals surface area contributed by atoms with E-state index in [0.717, 1.165) is 0 Å². The Morgan fingerprint density at radius 1 is 1.30 bits per heavy atom. The Bertz CT molecular complexity index is 787. The zero-order valence-electron chi connectivity index (χ0n) is 9.71. The summed E-state index contributed by atoms with van der Waals surface area (Å²) in [6.45, 7) is 0. The summed E-state index contributed by atoms with van der Waals surface area (Å²) in [4.78, 5) is 7.49. The molecule has 0 bridgehead atoms. The zero-order chi connectivity index (χ0) is 14.8. The van der Waals surface area contributed by atoms with Gasteiger partial charge in [0.05, 0.1) is 18.0 Å². The van der Waals surface area contributed by atoms with Crippen molar-refractivity contribution in [2.24, 2.45) is 0 Å². The quantitative estimate of drug-likeness (QED) is 0.892. The Morgan fingerprint density at radius 3 is 2.65 bits per heavy atom. The van der Waals surface area contributed by atoms with Crippen LogP contribution in [0.2, 0.25) is 5.02 Å². The first-order valence-electron chi connectivity index (χ1n) is 5.12. The Morgan fingerprint density at radius 2 is 2.05 bits per heavy atom. The van der Waals surface area contributed by atoms with Gasteiger partial charge in [0.1, 0.15) is 15.6 Å². The first-order chi connectivity index (χ1) is 9.42. The molecule has 0 saturated heterocycles. The Labute approximate surface area is 128 Å². The van der Waals surface area contributed by atoms with Crippen molar-refractivity contribution in [2.75, 3.05) is 4.72 Å². The van der Waals surface area contributed by atoms with Gasteiger partial charge in [-0.05, 0) is 34.1 Å². The molecule has 1 N–H and O–H groups in total. The predicted molar refractivity (Wildman–Crippen MR) is 76.7 cm³/mol. The normalized spacial score (nSPS) is 10.8. The van der Waals surface area contributed by atoms with Gasteiger partial charge in [-0.25, -0.2) is 18.4 Å². The van der Waals surface area contributed by atoms with Crippen LogP contribution in [-0.4, -0.2) is 18.4 Å². The minimum atomic E-state index is -3.97. The summed E-state index contributed by atoms with van der Waals surface area (Å²) in [5, 5.41) is 9.17. The van der Waals surface area contributed by atoms with Gasteiger partial charge in [0.15, 0.2) is 5.82 Å². The van der Waals surface area contributed by atoms with Crippen LogP contribution in [0.3, 0.4) is 0 Å². The molecule has 0 spiro atoms. The number of anilines is 1. The van der Waals surface area contributed by atoms with E-state index in [1.54, 1.807) is 6.07 Å². The lowest BCUT2D eigenvalue weighted by Crippen LogP contribution is -2.15. The van der Waals surface area contributed by atoms with Gasteiger partial charge >= 0.3 is 0 Å². The maximum atomic E-state index is 12.2. The lowest BCUT2D eigenvalue weighted by Gasteiger charge is -2.08. The highest BCUT2D eigenvalue weighted by Gasteiger charge is 2.20. The van der Waals surface area contributed by atoms with Crippen molar-refractivity contribution < 1.29 is 8.42 Å². The lowest BCUT2D eigenvalue weighted by atomic mass is 10.2. The van der Waals surface area contributed by atoms with Crippen molar-refractivity contribution in [1.82, 2.24) is 9.97 Å². The monoisotopic (exact) mass is 372 g/mol. The van der Waals surface area contributed by atoms with E-state index >= 15 is 0 Å². The second-order valence-corrected chi connectivity index (χ2v) is 6.48. The van der Waals surface area contributed by atoms with Crippen LogP contribution in [0.5, 0.6) is 0 Å². The van der Waals surface area contributed by atoms with Crippen LogP contribution in [0, 0.1) is 11.3 Å². The molecule has 1 heterocycles. The van der Waals surface area contributed by atoms with E-state index in [2.05, 4.69) is 30.6 Å². The molecule has 0 aliphatic rings. The summed E-state index contributed by atoms with van der Waals surface area (Å²) < 4.78 is 27.1. The van der Waals surface area contributed by atoms with Gasteiger partial charge in [0, 0.05) is 5.02 Å². The van der Waals surface area contributed by atoms with Crippen LogP contribution < -0.4 is 4.72 Å². The van der Waals surface area contributed by atoms with Crippen molar-refractivity contribution in [3.05, 3.63) is 45.8 Å². The summed E-state index contributed by atoms with van der Waals surface area (Å²) in [5.74, 6) is 0.0389. The molecule has 0 radical (unpaired) electrons. The molecule has 9 heteroatoms. The highest BCUT2D eigenvalue weighted by atomic mass is 79.9. The third-order valence-corrected chi connectivity index (χ3v) is 4.25. The fraction of sp³-hybridized carbons (Fsp3) is 0. The summed E-state index contributed by atoms with van der Waals surface area (Å²) in [6.07, 6.45) is 2.60. The van der Waals surface area contributed by atoms with Gasteiger partial charge < -0.3 is 0 Å². The van der Waals surface area contributed by atoms with Crippen LogP contribution in [-0.2, 0) is 10.0 Å². The number of rotatable bonds is 3. The minimum absolute atomic E-state index is 0.00743. The zero-order valence-corrected chi connectivity index (χ0v) is 12.9. The smallest absolute Gasteiger partial charge is 0.262 e. The number of nitriles is 1. The number of nitrogens with one attached hydrogen (secondary N) is 1. The lowest BCUT2D eigenvalue weighted by molar-refractivity contribution is 0.600. The van der Waals surface area contributed by atoms with Crippen molar-refractivity contribution in [2.45, 2.75) is 4.90 Å². The Hall–Kier alpha value is -1.69. The van der Waals surface area contributed by atoms with Gasteiger partial charge in [-0.2, -0.15) is 5.26 Å². The fourth-order valence-electron chi connectivity index (χ4n) is 1.37. The molecular formula is C11H6BrClN4O2S. The molecule has 0 unspecified atom stereocenters. The summed E-state index contributed by atoms with van der Waals surface area (Å²) >= 11 is 8.86. The first kappa shape index (κ1) is 14.7. The fourth-order valence-corrected chi connectivity index (χ4v) is 2.99. The largest absolute Gasteiger partial charge is 0.264 e. The third-order valence-electron chi connectivity index (χ3n) is 2.21. The number of nitrogens with zero attached hydrogens (tertiary/aromatic N) is 3. The average Bonchev–Trinajstić information content (AvgIpc) is 2.41. The molecular weight excluding hydrogens is 368 g/mol. The van der Waals surface area contributed by atoms with E-state index in [1.165, 1.54) is 30.6 Å². The van der Waals surface area contributed by atoms with Crippen molar-refractivity contribution in [3.8, 4) is 6.07 Å². The molecule has 1 aromatic carbocycles. The maximum Gasteiger partial charge on any atom is 0.264 e. The third kappa shape index (κ3) is 3.25. The molecule has 20 heavy (non-hydrogen) atoms. The Kier molecular flexibility index (Phi) is 4.23. The summed E-state index contributed by atoms with van der Waals surface area (Å²) in [6, 6.07) is 5.79. The number of halogens is 2. The molecule has 0 amide bonds. The van der Waals surface area contributed by atoms with Crippen LogP contribution >= 0.6 is 27.5 Å². The number of hydrogen-bond donors (Lipinski definition) is 1. The van der Waals surface area contributed by atoms with Gasteiger partial charge in [0.2, 0.25) is 0 Å². The van der Waals surface area contributed by atoms with Crippen LogP contribution in [0.15, 0.2) is 40.1 Å². The van der Waals surface area contributed by atoms with Crippen LogP contribution in [0.25, 0.3) is 0 Å². The van der Waals surface area contributed by atoms with E-state index < -0.39 is 10.0 Å². The van der Waals surface area contributed by atoms with Gasteiger partial charge in [-0.15, -0.1) is 0 Å². The van der Waals surface area contributed by atoms with E-state index in [9.17, 15) is 8.42 Å². The van der Waals surface area contributed by atoms with E-state index in [4.69, 9.17) is 16.9 Å². The molecule has 0 atom stereocenters. The topological polar surface area (TPSA) is 95.7 Å². The molecule has 0 aliphatic carbocycles. The second kappa shape index (κ2) is 5.75. The highest BCUT2D eigenvalue weighted by molar-refractivity contribution is 9.10. The van der Waals surface area contributed by atoms with Crippen LogP contribution in [0.4, 0.5) is 5.82 Å². The predicted octanol–water partition coefficient (Wildman–Crippen LogP) is 2.56. The van der Waals surface area contributed by atoms with Crippen LogP contribution in [0.1, 0.15) is 5.56 Å². The summed E-state index contributed by atoms with van der Waals surface area (Å²) in [5.41, 5.74) is -0.00743. The first-order valence-corrected chi connectivity index (χ1v) is 7.78. The van der Waals surface area contributed by atoms with Gasteiger partial charge in [0.25, 0.3) is 10.0 Å². The van der Waals surface area contributed by atoms with E-state index in [-0.39, 0.29) is 21.3 Å². The standard InChI is InChI=1S/C11H6BrClN4O2S/c12-10-5-16-11(6-15-10)17-20(18,19)9-3-8(13)2-1-7(9)4-14/h1-3,5-6H,(H,16,17). The molecule has 6 nitrogen and oxygen atoms in total. The van der Waals surface area contributed by atoms with E-state index in [1.807, 2.05) is 0 Å². The molecule has 102 valence electrons. The molecule has 0 saturated carbocycles. The summed E-state index contributed by atoms with van der Waals surface area (Å²) in [7, 11) is -3.97. The van der Waals surface area contributed by atoms with Crippen molar-refractivity contribution >= 4 is 43.4 Å². The molecule has 0 fully saturated rings. The SMILES string of the molecule is N#Cc1ccc(Cl)cc1S(=O)(=O)Nc1cnc(Br)cn1. The minimum Gasteiger partial charge on any atom is -0.262 e. The Balaban J connectivity index is 2.43. The second-order valence-electron chi connectivity index (χ2n) is 3.58. The van der Waals surface area contributed by atoms with Gasteiger partial charge in [-0.1, -0.05) is 11.6 Å².